The molecule has 2 aromatic carbocycles. The summed E-state index contributed by atoms with van der Waals surface area (Å²) in [6.07, 6.45) is 0. The number of para-hydroxylation sites is 1. The van der Waals surface area contributed by atoms with E-state index in [1.54, 1.807) is 45.0 Å². The van der Waals surface area contributed by atoms with Crippen molar-refractivity contribution in [2.75, 3.05) is 30.0 Å². The zero-order valence-electron chi connectivity index (χ0n) is 22.0. The lowest BCUT2D eigenvalue weighted by atomic mass is 10.0. The molecule has 1 aromatic heterocycles. The molecule has 210 valence electrons. The van der Waals surface area contributed by atoms with E-state index in [4.69, 9.17) is 21.1 Å². The number of hydrogen-bond donors (Lipinski definition) is 2. The summed E-state index contributed by atoms with van der Waals surface area (Å²) in [6, 6.07) is 11.7. The van der Waals surface area contributed by atoms with Gasteiger partial charge in [0.2, 0.25) is 0 Å². The first kappa shape index (κ1) is 29.2. The number of rotatable bonds is 7. The first-order chi connectivity index (χ1) is 18.9. The predicted molar refractivity (Wildman–Crippen MR) is 150 cm³/mol. The van der Waals surface area contributed by atoms with Gasteiger partial charge in [-0.05, 0) is 62.7 Å². The normalized spacial score (nSPS) is 13.6. The Morgan fingerprint density at radius 3 is 2.55 bits per heavy atom. The van der Waals surface area contributed by atoms with Gasteiger partial charge in [0.1, 0.15) is 18.0 Å². The number of anilines is 2. The van der Waals surface area contributed by atoms with Gasteiger partial charge in [0.25, 0.3) is 17.7 Å². The van der Waals surface area contributed by atoms with Gasteiger partial charge < -0.3 is 25.0 Å². The molecule has 1 saturated heterocycles. The Bertz CT molecular complexity index is 1470. The summed E-state index contributed by atoms with van der Waals surface area (Å²) < 4.78 is 26.1. The van der Waals surface area contributed by atoms with Crippen LogP contribution >= 0.6 is 22.9 Å². The number of halogens is 2. The third-order valence-corrected chi connectivity index (χ3v) is 6.96. The van der Waals surface area contributed by atoms with Crippen LogP contribution in [0.2, 0.25) is 4.34 Å². The van der Waals surface area contributed by atoms with Crippen molar-refractivity contribution in [1.82, 2.24) is 5.32 Å². The van der Waals surface area contributed by atoms with Crippen LogP contribution in [-0.2, 0) is 20.8 Å². The highest BCUT2D eigenvalue weighted by Crippen LogP contribution is 2.27. The molecule has 1 fully saturated rings. The van der Waals surface area contributed by atoms with Gasteiger partial charge in [-0.3, -0.25) is 14.4 Å². The van der Waals surface area contributed by atoms with Gasteiger partial charge in [-0.2, -0.15) is 0 Å². The van der Waals surface area contributed by atoms with Crippen LogP contribution in [0.5, 0.6) is 0 Å². The van der Waals surface area contributed by atoms with Crippen molar-refractivity contribution in [1.29, 1.82) is 0 Å². The van der Waals surface area contributed by atoms with Crippen molar-refractivity contribution >= 4 is 58.0 Å². The molecule has 0 saturated carbocycles. The second-order valence-corrected chi connectivity index (χ2v) is 11.6. The highest BCUT2D eigenvalue weighted by molar-refractivity contribution is 7.18. The molecular formula is C28H27ClFN3O6S. The maximum Gasteiger partial charge on any atom is 0.340 e. The average Bonchev–Trinajstić information content (AvgIpc) is 3.33. The number of nitrogens with one attached hydrogen (secondary N) is 2. The minimum absolute atomic E-state index is 0.0347. The second kappa shape index (κ2) is 12.2. The summed E-state index contributed by atoms with van der Waals surface area (Å²) in [5, 5.41) is 5.44. The summed E-state index contributed by atoms with van der Waals surface area (Å²) in [7, 11) is 0. The number of nitrogens with zero attached hydrogens (tertiary/aromatic N) is 1. The molecule has 0 bridgehead atoms. The van der Waals surface area contributed by atoms with E-state index in [1.807, 2.05) is 0 Å². The minimum Gasteiger partial charge on any atom is -0.456 e. The van der Waals surface area contributed by atoms with Gasteiger partial charge in [0, 0.05) is 18.7 Å². The first-order valence-corrected chi connectivity index (χ1v) is 13.5. The second-order valence-electron chi connectivity index (χ2n) is 9.85. The number of amides is 3. The molecule has 2 heterocycles. The number of hydrogen-bond acceptors (Lipinski definition) is 7. The Hall–Kier alpha value is -3.80. The standard InChI is InChI=1S/C28H27ClFN3O6S/c1-28(2,3)39-27(37)18-6-4-5-17(14-31-26(36)21-9-10-22(29)40-21)24(18)32-25(35)16-7-8-20(19(30)13-16)33-11-12-38-15-23(33)34/h4-10,13H,11-12,14-15H2,1-3H3,(H,31,36)(H,32,35). The fraction of sp³-hybridized carbons (Fsp3) is 0.286. The number of carbonyl (C=O) groups is 4. The summed E-state index contributed by atoms with van der Waals surface area (Å²) >= 11 is 7.04. The lowest BCUT2D eigenvalue weighted by Gasteiger charge is -2.27. The van der Waals surface area contributed by atoms with Crippen LogP contribution < -0.4 is 15.5 Å². The zero-order valence-corrected chi connectivity index (χ0v) is 23.6. The van der Waals surface area contributed by atoms with Crippen LogP contribution in [-0.4, -0.2) is 49.1 Å². The Kier molecular flexibility index (Phi) is 8.87. The number of esters is 1. The van der Waals surface area contributed by atoms with Crippen LogP contribution in [0, 0.1) is 5.82 Å². The Morgan fingerprint density at radius 1 is 1.12 bits per heavy atom. The Balaban J connectivity index is 1.61. The quantitative estimate of drug-likeness (QED) is 0.374. The van der Waals surface area contributed by atoms with E-state index in [1.165, 1.54) is 23.1 Å². The number of carbonyl (C=O) groups excluding carboxylic acids is 4. The summed E-state index contributed by atoms with van der Waals surface area (Å²) in [4.78, 5) is 52.7. The van der Waals surface area contributed by atoms with Crippen molar-refractivity contribution in [3.05, 3.63) is 80.3 Å². The van der Waals surface area contributed by atoms with Gasteiger partial charge in [-0.1, -0.05) is 23.7 Å². The van der Waals surface area contributed by atoms with Crippen LogP contribution in [0.4, 0.5) is 15.8 Å². The molecule has 2 N–H and O–H groups in total. The molecule has 0 aliphatic carbocycles. The fourth-order valence-corrected chi connectivity index (χ4v) is 4.88. The molecule has 0 unspecified atom stereocenters. The molecule has 3 amide bonds. The Labute approximate surface area is 239 Å². The van der Waals surface area contributed by atoms with E-state index >= 15 is 4.39 Å². The summed E-state index contributed by atoms with van der Waals surface area (Å²) in [5.41, 5.74) is -0.218. The van der Waals surface area contributed by atoms with E-state index in [0.29, 0.717) is 14.8 Å². The lowest BCUT2D eigenvalue weighted by Crippen LogP contribution is -2.42. The molecule has 0 spiro atoms. The SMILES string of the molecule is CC(C)(C)OC(=O)c1cccc(CNC(=O)c2ccc(Cl)s2)c1NC(=O)c1ccc(N2CCOCC2=O)c(F)c1. The molecule has 9 nitrogen and oxygen atoms in total. The van der Waals surface area contributed by atoms with E-state index in [0.717, 1.165) is 17.4 Å². The number of ether oxygens (including phenoxy) is 2. The smallest absolute Gasteiger partial charge is 0.340 e. The molecule has 0 atom stereocenters. The molecule has 4 rings (SSSR count). The topological polar surface area (TPSA) is 114 Å². The van der Waals surface area contributed by atoms with Crippen LogP contribution in [0.25, 0.3) is 0 Å². The van der Waals surface area contributed by atoms with E-state index in [-0.39, 0.29) is 60.6 Å². The molecule has 3 aromatic rings. The average molecular weight is 588 g/mol. The number of benzene rings is 2. The molecule has 1 aliphatic rings. The van der Waals surface area contributed by atoms with Crippen molar-refractivity contribution < 1.29 is 33.0 Å². The number of thiophene rings is 1. The van der Waals surface area contributed by atoms with Crippen molar-refractivity contribution in [3.63, 3.8) is 0 Å². The molecule has 12 heteroatoms. The summed E-state index contributed by atoms with van der Waals surface area (Å²) in [6.45, 7) is 5.41. The summed E-state index contributed by atoms with van der Waals surface area (Å²) in [5.74, 6) is -2.91. The van der Waals surface area contributed by atoms with Crippen molar-refractivity contribution in [2.45, 2.75) is 32.9 Å². The van der Waals surface area contributed by atoms with Crippen molar-refractivity contribution in [3.8, 4) is 0 Å². The third kappa shape index (κ3) is 7.04. The van der Waals surface area contributed by atoms with Gasteiger partial charge in [0.05, 0.1) is 32.8 Å². The molecule has 0 radical (unpaired) electrons. The largest absolute Gasteiger partial charge is 0.456 e. The van der Waals surface area contributed by atoms with Crippen LogP contribution in [0.15, 0.2) is 48.5 Å². The highest BCUT2D eigenvalue weighted by Gasteiger charge is 2.26. The van der Waals surface area contributed by atoms with Gasteiger partial charge >= 0.3 is 5.97 Å². The van der Waals surface area contributed by atoms with Crippen LogP contribution in [0.3, 0.4) is 0 Å². The van der Waals surface area contributed by atoms with E-state index in [9.17, 15) is 19.2 Å². The monoisotopic (exact) mass is 587 g/mol. The maximum absolute atomic E-state index is 15.0. The van der Waals surface area contributed by atoms with Gasteiger partial charge in [0.15, 0.2) is 0 Å². The van der Waals surface area contributed by atoms with E-state index in [2.05, 4.69) is 10.6 Å². The molecule has 1 aliphatic heterocycles. The third-order valence-electron chi connectivity index (χ3n) is 5.73. The van der Waals surface area contributed by atoms with Crippen LogP contribution in [0.1, 0.15) is 56.7 Å². The molecular weight excluding hydrogens is 561 g/mol. The minimum atomic E-state index is -0.809. The van der Waals surface area contributed by atoms with Gasteiger partial charge in [-0.25, -0.2) is 9.18 Å². The number of morpholine rings is 1. The van der Waals surface area contributed by atoms with E-state index < -0.39 is 23.3 Å². The predicted octanol–water partition coefficient (Wildman–Crippen LogP) is 5.04. The van der Waals surface area contributed by atoms with Crippen molar-refractivity contribution in [2.24, 2.45) is 0 Å². The zero-order chi connectivity index (χ0) is 29.0. The first-order valence-electron chi connectivity index (χ1n) is 12.3. The lowest BCUT2D eigenvalue weighted by molar-refractivity contribution is -0.125. The van der Waals surface area contributed by atoms with Gasteiger partial charge in [-0.15, -0.1) is 11.3 Å². The molecule has 40 heavy (non-hydrogen) atoms. The maximum atomic E-state index is 15.0. The Morgan fingerprint density at radius 2 is 1.90 bits per heavy atom. The highest BCUT2D eigenvalue weighted by atomic mass is 35.5. The fourth-order valence-electron chi connectivity index (χ4n) is 3.92.